The minimum atomic E-state index is -3.45. The summed E-state index contributed by atoms with van der Waals surface area (Å²) in [4.78, 5) is 22.5. The first-order valence-electron chi connectivity index (χ1n) is 7.20. The fourth-order valence-corrected chi connectivity index (χ4v) is 3.05. The number of carboxylic acids is 1. The summed E-state index contributed by atoms with van der Waals surface area (Å²) in [6.07, 6.45) is 2.03. The standard InChI is InChI=1S/C15H21NO5S/c1-2-22(20,21)13-9-6-5-8-12(13)15(19)16-11-7-3-4-10-14(17)18/h5-6,8-9H,2-4,7,10-11H2,1H3,(H,16,19)(H,17,18). The van der Waals surface area contributed by atoms with Crippen LogP contribution in [0.4, 0.5) is 0 Å². The van der Waals surface area contributed by atoms with E-state index in [1.54, 1.807) is 12.1 Å². The van der Waals surface area contributed by atoms with E-state index >= 15 is 0 Å². The number of aliphatic carboxylic acids is 1. The fourth-order valence-electron chi connectivity index (χ4n) is 1.96. The number of benzene rings is 1. The zero-order valence-electron chi connectivity index (χ0n) is 12.5. The Labute approximate surface area is 130 Å². The summed E-state index contributed by atoms with van der Waals surface area (Å²) in [7, 11) is -3.45. The van der Waals surface area contributed by atoms with Crippen LogP contribution in [0.3, 0.4) is 0 Å². The molecule has 0 heterocycles. The van der Waals surface area contributed by atoms with E-state index in [1.165, 1.54) is 19.1 Å². The van der Waals surface area contributed by atoms with Crippen molar-refractivity contribution in [2.24, 2.45) is 0 Å². The highest BCUT2D eigenvalue weighted by molar-refractivity contribution is 7.91. The molecule has 0 saturated heterocycles. The summed E-state index contributed by atoms with van der Waals surface area (Å²) in [6, 6.07) is 6.13. The van der Waals surface area contributed by atoms with E-state index in [2.05, 4.69) is 5.32 Å². The van der Waals surface area contributed by atoms with Gasteiger partial charge in [-0.1, -0.05) is 25.5 Å². The lowest BCUT2D eigenvalue weighted by Crippen LogP contribution is -2.26. The summed E-state index contributed by atoms with van der Waals surface area (Å²) in [5.41, 5.74) is 0.148. The second-order valence-corrected chi connectivity index (χ2v) is 7.11. The molecule has 0 aliphatic carbocycles. The summed E-state index contributed by atoms with van der Waals surface area (Å²) in [5.74, 6) is -1.32. The summed E-state index contributed by atoms with van der Waals surface area (Å²) in [6.45, 7) is 1.92. The third-order valence-corrected chi connectivity index (χ3v) is 4.99. The number of nitrogens with one attached hydrogen (secondary N) is 1. The molecular formula is C15H21NO5S. The number of hydrogen-bond donors (Lipinski definition) is 2. The van der Waals surface area contributed by atoms with E-state index < -0.39 is 21.7 Å². The van der Waals surface area contributed by atoms with Crippen LogP contribution in [0.15, 0.2) is 29.2 Å². The van der Waals surface area contributed by atoms with Crippen molar-refractivity contribution in [1.29, 1.82) is 0 Å². The minimum absolute atomic E-state index is 0.0425. The lowest BCUT2D eigenvalue weighted by molar-refractivity contribution is -0.137. The third-order valence-electron chi connectivity index (χ3n) is 3.20. The van der Waals surface area contributed by atoms with E-state index in [9.17, 15) is 18.0 Å². The Morgan fingerprint density at radius 1 is 1.14 bits per heavy atom. The Balaban J connectivity index is 2.58. The lowest BCUT2D eigenvalue weighted by Gasteiger charge is -2.09. The smallest absolute Gasteiger partial charge is 0.303 e. The zero-order chi connectivity index (χ0) is 16.6. The van der Waals surface area contributed by atoms with Gasteiger partial charge in [0, 0.05) is 13.0 Å². The second-order valence-electron chi connectivity index (χ2n) is 4.86. The molecule has 22 heavy (non-hydrogen) atoms. The van der Waals surface area contributed by atoms with E-state index in [-0.39, 0.29) is 22.6 Å². The summed E-state index contributed by atoms with van der Waals surface area (Å²) < 4.78 is 23.9. The quantitative estimate of drug-likeness (QED) is 0.674. The number of carbonyl (C=O) groups is 2. The molecular weight excluding hydrogens is 306 g/mol. The first kappa shape index (κ1) is 18.2. The molecule has 0 fully saturated rings. The summed E-state index contributed by atoms with van der Waals surface area (Å²) >= 11 is 0. The largest absolute Gasteiger partial charge is 0.481 e. The van der Waals surface area contributed by atoms with Gasteiger partial charge < -0.3 is 10.4 Å². The van der Waals surface area contributed by atoms with Crippen LogP contribution in [0.1, 0.15) is 43.0 Å². The molecule has 0 bridgehead atoms. The molecule has 0 atom stereocenters. The molecule has 122 valence electrons. The van der Waals surface area contributed by atoms with Gasteiger partial charge in [-0.05, 0) is 25.0 Å². The van der Waals surface area contributed by atoms with E-state index in [0.29, 0.717) is 25.8 Å². The van der Waals surface area contributed by atoms with Crippen LogP contribution >= 0.6 is 0 Å². The maximum Gasteiger partial charge on any atom is 0.303 e. The van der Waals surface area contributed by atoms with Gasteiger partial charge in [-0.15, -0.1) is 0 Å². The third kappa shape index (κ3) is 5.48. The number of hydrogen-bond acceptors (Lipinski definition) is 4. The molecule has 0 unspecified atom stereocenters. The second kappa shape index (κ2) is 8.53. The van der Waals surface area contributed by atoms with Gasteiger partial charge in [-0.2, -0.15) is 0 Å². The van der Waals surface area contributed by atoms with Gasteiger partial charge in [-0.25, -0.2) is 8.42 Å². The Hall–Kier alpha value is -1.89. The molecule has 7 heteroatoms. The van der Waals surface area contributed by atoms with Gasteiger partial charge in [0.05, 0.1) is 16.2 Å². The predicted molar refractivity (Wildman–Crippen MR) is 82.6 cm³/mol. The Kier molecular flexibility index (Phi) is 7.04. The van der Waals surface area contributed by atoms with Crippen molar-refractivity contribution in [3.8, 4) is 0 Å². The Bertz CT molecular complexity index is 625. The molecule has 1 aromatic rings. The number of carboxylic acid groups (broad SMARTS) is 1. The molecule has 0 aromatic heterocycles. The van der Waals surface area contributed by atoms with E-state index in [0.717, 1.165) is 0 Å². The number of sulfone groups is 1. The highest BCUT2D eigenvalue weighted by Crippen LogP contribution is 2.16. The first-order chi connectivity index (χ1) is 10.4. The Morgan fingerprint density at radius 3 is 2.45 bits per heavy atom. The highest BCUT2D eigenvalue weighted by atomic mass is 32.2. The van der Waals surface area contributed by atoms with Crippen molar-refractivity contribution < 1.29 is 23.1 Å². The molecule has 0 saturated carbocycles. The van der Waals surface area contributed by atoms with Crippen molar-refractivity contribution in [2.45, 2.75) is 37.5 Å². The van der Waals surface area contributed by atoms with Crippen LogP contribution in [0.25, 0.3) is 0 Å². The molecule has 0 aliphatic rings. The van der Waals surface area contributed by atoms with Crippen LogP contribution in [-0.4, -0.2) is 37.7 Å². The molecule has 1 amide bonds. The average molecular weight is 327 g/mol. The van der Waals surface area contributed by atoms with Crippen LogP contribution in [0.5, 0.6) is 0 Å². The van der Waals surface area contributed by atoms with E-state index in [4.69, 9.17) is 5.11 Å². The highest BCUT2D eigenvalue weighted by Gasteiger charge is 2.20. The van der Waals surface area contributed by atoms with Crippen molar-refractivity contribution >= 4 is 21.7 Å². The first-order valence-corrected chi connectivity index (χ1v) is 8.85. The topological polar surface area (TPSA) is 101 Å². The molecule has 2 N–H and O–H groups in total. The van der Waals surface area contributed by atoms with Crippen molar-refractivity contribution in [2.75, 3.05) is 12.3 Å². The van der Waals surface area contributed by atoms with E-state index in [1.807, 2.05) is 0 Å². The summed E-state index contributed by atoms with van der Waals surface area (Å²) in [5, 5.41) is 11.2. The molecule has 1 rings (SSSR count). The van der Waals surface area contributed by atoms with Gasteiger partial charge in [0.15, 0.2) is 9.84 Å². The SMILES string of the molecule is CCS(=O)(=O)c1ccccc1C(=O)NCCCCCC(=O)O. The number of unbranched alkanes of at least 4 members (excludes halogenated alkanes) is 2. The van der Waals surface area contributed by atoms with Crippen LogP contribution in [0, 0.1) is 0 Å². The van der Waals surface area contributed by atoms with Crippen molar-refractivity contribution in [1.82, 2.24) is 5.32 Å². The molecule has 0 radical (unpaired) electrons. The normalized spacial score (nSPS) is 11.1. The van der Waals surface area contributed by atoms with Gasteiger partial charge in [0.25, 0.3) is 5.91 Å². The predicted octanol–water partition coefficient (Wildman–Crippen LogP) is 1.86. The van der Waals surface area contributed by atoms with Gasteiger partial charge >= 0.3 is 5.97 Å². The van der Waals surface area contributed by atoms with Crippen LogP contribution < -0.4 is 5.32 Å². The number of carbonyl (C=O) groups excluding carboxylic acids is 1. The maximum atomic E-state index is 12.1. The number of amides is 1. The minimum Gasteiger partial charge on any atom is -0.481 e. The van der Waals surface area contributed by atoms with Crippen LogP contribution in [-0.2, 0) is 14.6 Å². The monoisotopic (exact) mass is 327 g/mol. The van der Waals surface area contributed by atoms with Gasteiger partial charge in [-0.3, -0.25) is 9.59 Å². The average Bonchev–Trinajstić information content (AvgIpc) is 2.50. The van der Waals surface area contributed by atoms with Crippen LogP contribution in [0.2, 0.25) is 0 Å². The molecule has 1 aromatic carbocycles. The van der Waals surface area contributed by atoms with Gasteiger partial charge in [0.2, 0.25) is 0 Å². The molecule has 6 nitrogen and oxygen atoms in total. The number of rotatable bonds is 9. The Morgan fingerprint density at radius 2 is 1.82 bits per heavy atom. The fraction of sp³-hybridized carbons (Fsp3) is 0.467. The van der Waals surface area contributed by atoms with Crippen molar-refractivity contribution in [3.63, 3.8) is 0 Å². The molecule has 0 aliphatic heterocycles. The van der Waals surface area contributed by atoms with Crippen molar-refractivity contribution in [3.05, 3.63) is 29.8 Å². The maximum absolute atomic E-state index is 12.1. The van der Waals surface area contributed by atoms with Gasteiger partial charge in [0.1, 0.15) is 0 Å². The zero-order valence-corrected chi connectivity index (χ0v) is 13.4. The molecule has 0 spiro atoms. The lowest BCUT2D eigenvalue weighted by atomic mass is 10.2.